The van der Waals surface area contributed by atoms with E-state index in [-0.39, 0.29) is 30.1 Å². The van der Waals surface area contributed by atoms with E-state index in [2.05, 4.69) is 27.8 Å². The SMILES string of the molecule is CCOC(=O)N1CCC(NC(=NC)NCCc2cc3ccccc3o2)CC1.I. The summed E-state index contributed by atoms with van der Waals surface area (Å²) in [5, 5.41) is 7.91. The number of fused-ring (bicyclic) bond motifs is 1. The molecule has 0 bridgehead atoms. The van der Waals surface area contributed by atoms with Crippen LogP contribution in [0.3, 0.4) is 0 Å². The molecule has 1 aromatic heterocycles. The molecule has 8 heteroatoms. The van der Waals surface area contributed by atoms with Crippen molar-refractivity contribution in [3.05, 3.63) is 36.1 Å². The maximum atomic E-state index is 11.8. The van der Waals surface area contributed by atoms with Crippen LogP contribution >= 0.6 is 24.0 Å². The van der Waals surface area contributed by atoms with Gasteiger partial charge in [-0.3, -0.25) is 4.99 Å². The quantitative estimate of drug-likeness (QED) is 0.374. The second kappa shape index (κ2) is 11.1. The Morgan fingerprint density at radius 3 is 2.75 bits per heavy atom. The number of amides is 1. The minimum atomic E-state index is -0.218. The second-order valence-electron chi connectivity index (χ2n) is 6.60. The fraction of sp³-hybridized carbons (Fsp3) is 0.500. The van der Waals surface area contributed by atoms with Gasteiger partial charge in [-0.25, -0.2) is 4.79 Å². The number of carbonyl (C=O) groups excluding carboxylic acids is 1. The highest BCUT2D eigenvalue weighted by Crippen LogP contribution is 2.18. The number of ether oxygens (including phenoxy) is 1. The number of nitrogens with zero attached hydrogens (tertiary/aromatic N) is 2. The summed E-state index contributed by atoms with van der Waals surface area (Å²) in [7, 11) is 1.77. The number of likely N-dealkylation sites (tertiary alicyclic amines) is 1. The number of carbonyl (C=O) groups is 1. The van der Waals surface area contributed by atoms with E-state index in [0.29, 0.717) is 25.7 Å². The number of hydrogen-bond donors (Lipinski definition) is 2. The lowest BCUT2D eigenvalue weighted by molar-refractivity contribution is 0.0963. The highest BCUT2D eigenvalue weighted by atomic mass is 127. The Hall–Kier alpha value is -1.97. The molecule has 1 aromatic carbocycles. The summed E-state index contributed by atoms with van der Waals surface area (Å²) in [5.74, 6) is 1.74. The summed E-state index contributed by atoms with van der Waals surface area (Å²) in [5.41, 5.74) is 0.920. The smallest absolute Gasteiger partial charge is 0.409 e. The zero-order valence-corrected chi connectivity index (χ0v) is 18.8. The molecule has 7 nitrogen and oxygen atoms in total. The van der Waals surface area contributed by atoms with Crippen LogP contribution in [-0.4, -0.2) is 56.3 Å². The molecule has 28 heavy (non-hydrogen) atoms. The molecule has 1 amide bonds. The molecule has 154 valence electrons. The summed E-state index contributed by atoms with van der Waals surface area (Å²) < 4.78 is 10.9. The Morgan fingerprint density at radius 2 is 2.07 bits per heavy atom. The fourth-order valence-electron chi connectivity index (χ4n) is 3.27. The van der Waals surface area contributed by atoms with E-state index >= 15 is 0 Å². The van der Waals surface area contributed by atoms with E-state index in [9.17, 15) is 4.79 Å². The molecule has 1 fully saturated rings. The van der Waals surface area contributed by atoms with Gasteiger partial charge in [0.2, 0.25) is 0 Å². The number of rotatable bonds is 5. The van der Waals surface area contributed by atoms with Gasteiger partial charge in [0.15, 0.2) is 5.96 Å². The zero-order chi connectivity index (χ0) is 19.1. The molecule has 0 radical (unpaired) electrons. The van der Waals surface area contributed by atoms with Crippen LogP contribution in [0.25, 0.3) is 11.0 Å². The van der Waals surface area contributed by atoms with Gasteiger partial charge in [0.1, 0.15) is 11.3 Å². The van der Waals surface area contributed by atoms with Crippen molar-refractivity contribution in [2.24, 2.45) is 4.99 Å². The van der Waals surface area contributed by atoms with Crippen molar-refractivity contribution >= 4 is 47.0 Å². The molecule has 2 aromatic rings. The highest BCUT2D eigenvalue weighted by molar-refractivity contribution is 14.0. The number of hydrogen-bond acceptors (Lipinski definition) is 4. The molecule has 1 aliphatic heterocycles. The molecule has 0 aliphatic carbocycles. The lowest BCUT2D eigenvalue weighted by Crippen LogP contribution is -2.50. The van der Waals surface area contributed by atoms with Gasteiger partial charge in [0.25, 0.3) is 0 Å². The molecular formula is C20H29IN4O3. The Kier molecular flexibility index (Phi) is 8.88. The van der Waals surface area contributed by atoms with Gasteiger partial charge < -0.3 is 24.7 Å². The predicted molar refractivity (Wildman–Crippen MR) is 121 cm³/mol. The third kappa shape index (κ3) is 6.02. The molecule has 0 spiro atoms. The van der Waals surface area contributed by atoms with E-state index in [4.69, 9.17) is 9.15 Å². The first kappa shape index (κ1) is 22.3. The number of guanidine groups is 1. The highest BCUT2D eigenvalue weighted by Gasteiger charge is 2.23. The van der Waals surface area contributed by atoms with Gasteiger partial charge in [-0.1, -0.05) is 18.2 Å². The Bertz CT molecular complexity index is 752. The van der Waals surface area contributed by atoms with Gasteiger partial charge >= 0.3 is 6.09 Å². The van der Waals surface area contributed by atoms with Crippen LogP contribution in [-0.2, 0) is 11.2 Å². The van der Waals surface area contributed by atoms with E-state index < -0.39 is 0 Å². The molecule has 0 atom stereocenters. The topological polar surface area (TPSA) is 79.1 Å². The lowest BCUT2D eigenvalue weighted by Gasteiger charge is -2.32. The summed E-state index contributed by atoms with van der Waals surface area (Å²) >= 11 is 0. The largest absolute Gasteiger partial charge is 0.461 e. The van der Waals surface area contributed by atoms with Crippen molar-refractivity contribution in [1.29, 1.82) is 0 Å². The van der Waals surface area contributed by atoms with Crippen LogP contribution in [0.2, 0.25) is 0 Å². The summed E-state index contributed by atoms with van der Waals surface area (Å²) in [6.07, 6.45) is 2.33. The molecular weight excluding hydrogens is 471 g/mol. The average Bonchev–Trinajstić information content (AvgIpc) is 3.10. The van der Waals surface area contributed by atoms with Crippen LogP contribution < -0.4 is 10.6 Å². The molecule has 0 unspecified atom stereocenters. The first-order chi connectivity index (χ1) is 13.2. The summed E-state index contributed by atoms with van der Waals surface area (Å²) in [6.45, 7) is 4.38. The van der Waals surface area contributed by atoms with Gasteiger partial charge in [0, 0.05) is 44.5 Å². The molecule has 2 heterocycles. The number of nitrogens with one attached hydrogen (secondary N) is 2. The van der Waals surface area contributed by atoms with Crippen LogP contribution in [0.1, 0.15) is 25.5 Å². The molecule has 2 N–H and O–H groups in total. The Morgan fingerprint density at radius 1 is 1.32 bits per heavy atom. The van der Waals surface area contributed by atoms with Crippen LogP contribution in [0, 0.1) is 0 Å². The van der Waals surface area contributed by atoms with Crippen molar-refractivity contribution in [2.75, 3.05) is 33.3 Å². The van der Waals surface area contributed by atoms with E-state index in [1.807, 2.05) is 25.1 Å². The Labute approximate surface area is 182 Å². The van der Waals surface area contributed by atoms with Gasteiger partial charge in [-0.15, -0.1) is 24.0 Å². The number of halogens is 1. The number of para-hydroxylation sites is 1. The van der Waals surface area contributed by atoms with Gasteiger partial charge in [-0.2, -0.15) is 0 Å². The summed E-state index contributed by atoms with van der Waals surface area (Å²) in [4.78, 5) is 17.8. The van der Waals surface area contributed by atoms with E-state index in [0.717, 1.165) is 48.5 Å². The standard InChI is InChI=1S/C20H28N4O3.HI/c1-3-26-20(25)24-12-9-16(10-13-24)23-19(21-2)22-11-8-17-14-15-6-4-5-7-18(15)27-17;/h4-7,14,16H,3,8-13H2,1-2H3,(H2,21,22,23);1H. The molecule has 1 saturated heterocycles. The first-order valence-corrected chi connectivity index (χ1v) is 9.56. The lowest BCUT2D eigenvalue weighted by atomic mass is 10.1. The van der Waals surface area contributed by atoms with E-state index in [1.165, 1.54) is 0 Å². The van der Waals surface area contributed by atoms with Gasteiger partial charge in [0.05, 0.1) is 6.61 Å². The third-order valence-electron chi connectivity index (χ3n) is 4.73. The number of benzene rings is 1. The maximum absolute atomic E-state index is 11.8. The second-order valence-corrected chi connectivity index (χ2v) is 6.60. The van der Waals surface area contributed by atoms with Crippen molar-refractivity contribution in [2.45, 2.75) is 32.2 Å². The van der Waals surface area contributed by atoms with Crippen molar-refractivity contribution in [3.8, 4) is 0 Å². The zero-order valence-electron chi connectivity index (χ0n) is 16.4. The van der Waals surface area contributed by atoms with Crippen molar-refractivity contribution in [1.82, 2.24) is 15.5 Å². The number of piperidine rings is 1. The molecule has 3 rings (SSSR count). The normalized spacial score (nSPS) is 15.2. The average molecular weight is 500 g/mol. The minimum absolute atomic E-state index is 0. The molecule has 1 aliphatic rings. The van der Waals surface area contributed by atoms with Crippen molar-refractivity contribution < 1.29 is 13.9 Å². The monoisotopic (exact) mass is 500 g/mol. The maximum Gasteiger partial charge on any atom is 0.409 e. The first-order valence-electron chi connectivity index (χ1n) is 9.56. The summed E-state index contributed by atoms with van der Waals surface area (Å²) in [6, 6.07) is 10.4. The van der Waals surface area contributed by atoms with E-state index in [1.54, 1.807) is 11.9 Å². The minimum Gasteiger partial charge on any atom is -0.461 e. The fourth-order valence-corrected chi connectivity index (χ4v) is 3.27. The predicted octanol–water partition coefficient (Wildman–Crippen LogP) is 3.38. The van der Waals surface area contributed by atoms with Crippen LogP contribution in [0.5, 0.6) is 0 Å². The third-order valence-corrected chi connectivity index (χ3v) is 4.73. The van der Waals surface area contributed by atoms with Crippen LogP contribution in [0.15, 0.2) is 39.7 Å². The molecule has 0 saturated carbocycles. The van der Waals surface area contributed by atoms with Crippen LogP contribution in [0.4, 0.5) is 4.79 Å². The number of furan rings is 1. The number of aliphatic imine (C=N–C) groups is 1. The van der Waals surface area contributed by atoms with Gasteiger partial charge in [-0.05, 0) is 31.9 Å². The van der Waals surface area contributed by atoms with Crippen molar-refractivity contribution in [3.63, 3.8) is 0 Å². The Balaban J connectivity index is 0.00000280.